The first-order valence-corrected chi connectivity index (χ1v) is 10.9. The molecule has 0 radical (unpaired) electrons. The van der Waals surface area contributed by atoms with Crippen LogP contribution in [0.4, 0.5) is 0 Å². The Labute approximate surface area is 206 Å². The molecule has 3 rings (SSSR count). The second-order valence-corrected chi connectivity index (χ2v) is 7.88. The molecule has 11 nitrogen and oxygen atoms in total. The molecule has 2 amide bonds. The van der Waals surface area contributed by atoms with E-state index < -0.39 is 35.3 Å². The molecule has 2 aromatic carbocycles. The zero-order valence-electron chi connectivity index (χ0n) is 19.9. The number of amides is 2. The highest BCUT2D eigenvalue weighted by Crippen LogP contribution is 2.26. The summed E-state index contributed by atoms with van der Waals surface area (Å²) in [5, 5.41) is 14.1. The van der Waals surface area contributed by atoms with Gasteiger partial charge in [-0.15, -0.1) is 0 Å². The number of aromatic amines is 1. The van der Waals surface area contributed by atoms with Gasteiger partial charge in [-0.3, -0.25) is 19.2 Å². The number of carbonyl (C=O) groups is 3. The SMILES string of the molecule is COc1ccc(C(NC(=O)c2cnc(C(=O)NCC(C)C(=O)O)[nH]c2=O)c2ccc(OC)cc2)cc1. The summed E-state index contributed by atoms with van der Waals surface area (Å²) < 4.78 is 10.4. The molecule has 36 heavy (non-hydrogen) atoms. The number of carboxylic acids is 1. The van der Waals surface area contributed by atoms with Gasteiger partial charge in [0.1, 0.15) is 17.1 Å². The first-order chi connectivity index (χ1) is 17.2. The largest absolute Gasteiger partial charge is 0.497 e. The zero-order valence-corrected chi connectivity index (χ0v) is 19.9. The number of benzene rings is 2. The predicted octanol–water partition coefficient (Wildman–Crippen LogP) is 1.76. The van der Waals surface area contributed by atoms with Crippen LogP contribution in [0.1, 0.15) is 45.1 Å². The number of aliphatic carboxylic acids is 1. The first kappa shape index (κ1) is 25.9. The maximum absolute atomic E-state index is 13.1. The minimum atomic E-state index is -1.08. The van der Waals surface area contributed by atoms with E-state index in [1.54, 1.807) is 62.8 Å². The highest BCUT2D eigenvalue weighted by Gasteiger charge is 2.22. The van der Waals surface area contributed by atoms with E-state index in [0.29, 0.717) is 11.5 Å². The van der Waals surface area contributed by atoms with E-state index in [0.717, 1.165) is 17.3 Å². The minimum Gasteiger partial charge on any atom is -0.497 e. The van der Waals surface area contributed by atoms with Crippen LogP contribution >= 0.6 is 0 Å². The van der Waals surface area contributed by atoms with Crippen LogP contribution in [0.15, 0.2) is 59.5 Å². The van der Waals surface area contributed by atoms with Crippen LogP contribution in [-0.4, -0.2) is 53.6 Å². The molecule has 1 heterocycles. The van der Waals surface area contributed by atoms with Crippen molar-refractivity contribution in [1.82, 2.24) is 20.6 Å². The van der Waals surface area contributed by atoms with Crippen molar-refractivity contribution in [2.24, 2.45) is 5.92 Å². The molecule has 0 spiro atoms. The summed E-state index contributed by atoms with van der Waals surface area (Å²) in [4.78, 5) is 54.9. The quantitative estimate of drug-likeness (QED) is 0.332. The zero-order chi connectivity index (χ0) is 26.2. The smallest absolute Gasteiger partial charge is 0.308 e. The fourth-order valence-electron chi connectivity index (χ4n) is 3.25. The van der Waals surface area contributed by atoms with Gasteiger partial charge in [-0.05, 0) is 35.4 Å². The molecule has 3 aromatic rings. The van der Waals surface area contributed by atoms with Crippen molar-refractivity contribution in [3.63, 3.8) is 0 Å². The Morgan fingerprint density at radius 2 is 1.47 bits per heavy atom. The topological polar surface area (TPSA) is 160 Å². The van der Waals surface area contributed by atoms with Crippen LogP contribution in [0.2, 0.25) is 0 Å². The van der Waals surface area contributed by atoms with Crippen molar-refractivity contribution in [1.29, 1.82) is 0 Å². The van der Waals surface area contributed by atoms with E-state index in [-0.39, 0.29) is 17.9 Å². The van der Waals surface area contributed by atoms with Crippen molar-refractivity contribution in [2.45, 2.75) is 13.0 Å². The molecule has 0 aliphatic rings. The Morgan fingerprint density at radius 1 is 0.944 bits per heavy atom. The third-order valence-electron chi connectivity index (χ3n) is 5.42. The average molecular weight is 495 g/mol. The molecule has 1 aromatic heterocycles. The van der Waals surface area contributed by atoms with E-state index >= 15 is 0 Å². The number of hydrogen-bond donors (Lipinski definition) is 4. The number of rotatable bonds is 10. The second-order valence-electron chi connectivity index (χ2n) is 7.88. The monoisotopic (exact) mass is 494 g/mol. The summed E-state index contributed by atoms with van der Waals surface area (Å²) in [5.74, 6) is -2.41. The molecular weight excluding hydrogens is 468 g/mol. The Hall–Kier alpha value is -4.67. The third-order valence-corrected chi connectivity index (χ3v) is 5.42. The summed E-state index contributed by atoms with van der Waals surface area (Å²) in [5.41, 5.74) is 0.365. The highest BCUT2D eigenvalue weighted by atomic mass is 16.5. The van der Waals surface area contributed by atoms with Crippen LogP contribution in [0.3, 0.4) is 0 Å². The maximum Gasteiger partial charge on any atom is 0.308 e. The van der Waals surface area contributed by atoms with Crippen LogP contribution < -0.4 is 25.7 Å². The Bertz CT molecular complexity index is 1240. The van der Waals surface area contributed by atoms with E-state index in [4.69, 9.17) is 14.6 Å². The van der Waals surface area contributed by atoms with Crippen molar-refractivity contribution in [3.05, 3.63) is 87.6 Å². The molecule has 188 valence electrons. The molecule has 1 unspecified atom stereocenters. The lowest BCUT2D eigenvalue weighted by Crippen LogP contribution is -2.36. The van der Waals surface area contributed by atoms with Gasteiger partial charge in [0.05, 0.1) is 26.2 Å². The molecule has 0 saturated carbocycles. The van der Waals surface area contributed by atoms with Crippen LogP contribution in [-0.2, 0) is 4.79 Å². The maximum atomic E-state index is 13.1. The number of carbonyl (C=O) groups excluding carboxylic acids is 2. The van der Waals surface area contributed by atoms with Crippen LogP contribution in [0, 0.1) is 5.92 Å². The second kappa shape index (κ2) is 11.6. The lowest BCUT2D eigenvalue weighted by atomic mass is 9.98. The molecule has 1 atom stereocenters. The molecule has 0 aliphatic heterocycles. The fourth-order valence-corrected chi connectivity index (χ4v) is 3.25. The van der Waals surface area contributed by atoms with Gasteiger partial charge >= 0.3 is 5.97 Å². The summed E-state index contributed by atoms with van der Waals surface area (Å²) in [6.45, 7) is 1.28. The Balaban J connectivity index is 1.83. The normalized spacial score (nSPS) is 11.4. The van der Waals surface area contributed by atoms with Gasteiger partial charge in [0.2, 0.25) is 0 Å². The van der Waals surface area contributed by atoms with Gasteiger partial charge in [-0.1, -0.05) is 31.2 Å². The van der Waals surface area contributed by atoms with Crippen molar-refractivity contribution >= 4 is 17.8 Å². The lowest BCUT2D eigenvalue weighted by molar-refractivity contribution is -0.140. The fraction of sp³-hybridized carbons (Fsp3) is 0.240. The Kier molecular flexibility index (Phi) is 8.39. The number of H-pyrrole nitrogens is 1. The van der Waals surface area contributed by atoms with Crippen molar-refractivity contribution < 1.29 is 29.0 Å². The number of aromatic nitrogens is 2. The van der Waals surface area contributed by atoms with Gasteiger partial charge < -0.3 is 30.2 Å². The van der Waals surface area contributed by atoms with Gasteiger partial charge in [0.25, 0.3) is 17.4 Å². The summed E-state index contributed by atoms with van der Waals surface area (Å²) >= 11 is 0. The molecule has 0 aliphatic carbocycles. The Morgan fingerprint density at radius 3 is 1.92 bits per heavy atom. The van der Waals surface area contributed by atoms with Crippen molar-refractivity contribution in [3.8, 4) is 11.5 Å². The van der Waals surface area contributed by atoms with Gasteiger partial charge in [0.15, 0.2) is 5.82 Å². The molecule has 4 N–H and O–H groups in total. The average Bonchev–Trinajstić information content (AvgIpc) is 2.90. The van der Waals surface area contributed by atoms with Crippen molar-refractivity contribution in [2.75, 3.05) is 20.8 Å². The van der Waals surface area contributed by atoms with Gasteiger partial charge in [-0.25, -0.2) is 4.98 Å². The lowest BCUT2D eigenvalue weighted by Gasteiger charge is -2.20. The molecule has 0 fully saturated rings. The van der Waals surface area contributed by atoms with E-state index in [1.807, 2.05) is 0 Å². The van der Waals surface area contributed by atoms with E-state index in [1.165, 1.54) is 6.92 Å². The number of hydrogen-bond acceptors (Lipinski definition) is 7. The molecule has 0 saturated heterocycles. The van der Waals surface area contributed by atoms with Gasteiger partial charge in [-0.2, -0.15) is 0 Å². The number of ether oxygens (including phenoxy) is 2. The standard InChI is InChI=1S/C25H26N4O7/c1-14(25(33)34)12-27-24(32)21-26-13-19(23(31)29-21)22(30)28-20(15-4-8-17(35-2)9-5-15)16-6-10-18(36-3)11-7-16/h4-11,13-14,20H,12H2,1-3H3,(H,27,32)(H,28,30)(H,33,34)(H,26,29,31). The predicted molar refractivity (Wildman–Crippen MR) is 129 cm³/mol. The van der Waals surface area contributed by atoms with Gasteiger partial charge in [0, 0.05) is 12.7 Å². The van der Waals surface area contributed by atoms with Crippen LogP contribution in [0.5, 0.6) is 11.5 Å². The summed E-state index contributed by atoms with van der Waals surface area (Å²) in [7, 11) is 3.10. The molecular formula is C25H26N4O7. The highest BCUT2D eigenvalue weighted by molar-refractivity contribution is 5.95. The number of carboxylic acid groups (broad SMARTS) is 1. The molecule has 11 heteroatoms. The third kappa shape index (κ3) is 6.26. The van der Waals surface area contributed by atoms with E-state index in [9.17, 15) is 19.2 Å². The number of methoxy groups -OCH3 is 2. The number of nitrogens with zero attached hydrogens (tertiary/aromatic N) is 1. The number of nitrogens with one attached hydrogen (secondary N) is 3. The summed E-state index contributed by atoms with van der Waals surface area (Å²) in [6, 6.07) is 13.6. The first-order valence-electron chi connectivity index (χ1n) is 10.9. The molecule has 0 bridgehead atoms. The van der Waals surface area contributed by atoms with E-state index in [2.05, 4.69) is 20.6 Å². The summed E-state index contributed by atoms with van der Waals surface area (Å²) in [6.07, 6.45) is 1.00. The minimum absolute atomic E-state index is 0.147. The van der Waals surface area contributed by atoms with Crippen LogP contribution in [0.25, 0.3) is 0 Å².